The second-order valence-corrected chi connectivity index (χ2v) is 7.68. The molecule has 1 amide bonds. The Morgan fingerprint density at radius 2 is 1.73 bits per heavy atom. The minimum absolute atomic E-state index is 0.211. The lowest BCUT2D eigenvalue weighted by Gasteiger charge is -2.35. The Balaban J connectivity index is 1.56. The Bertz CT molecular complexity index is 732. The summed E-state index contributed by atoms with van der Waals surface area (Å²) in [5.74, 6) is 0. The van der Waals surface area contributed by atoms with Gasteiger partial charge in [0.25, 0.3) is 0 Å². The van der Waals surface area contributed by atoms with E-state index in [4.69, 9.17) is 4.74 Å². The molecule has 0 bridgehead atoms. The molecule has 3 rings (SSSR count). The molecule has 138 valence electrons. The molecule has 1 aromatic heterocycles. The zero-order valence-corrected chi connectivity index (χ0v) is 15.8. The largest absolute Gasteiger partial charge is 0.444 e. The standard InChI is InChI=1S/C21H27N3O2/c1-21(2,3)26-20(25)24-13-11-23(12-14-24)16-17-5-4-6-19(15-17)18-7-9-22-10-8-18/h4-10,15H,11-14,16H2,1-3H3. The Kier molecular flexibility index (Phi) is 5.57. The topological polar surface area (TPSA) is 45.7 Å². The Morgan fingerprint density at radius 3 is 2.38 bits per heavy atom. The summed E-state index contributed by atoms with van der Waals surface area (Å²) >= 11 is 0. The van der Waals surface area contributed by atoms with Crippen LogP contribution in [0.4, 0.5) is 4.79 Å². The molecule has 0 aliphatic carbocycles. The average Bonchev–Trinajstić information content (AvgIpc) is 2.62. The maximum Gasteiger partial charge on any atom is 0.410 e. The number of ether oxygens (including phenoxy) is 1. The fourth-order valence-electron chi connectivity index (χ4n) is 3.07. The van der Waals surface area contributed by atoms with Crippen LogP contribution in [-0.4, -0.2) is 52.7 Å². The van der Waals surface area contributed by atoms with Crippen molar-refractivity contribution in [3.8, 4) is 11.1 Å². The molecular weight excluding hydrogens is 326 g/mol. The number of carbonyl (C=O) groups is 1. The SMILES string of the molecule is CC(C)(C)OC(=O)N1CCN(Cc2cccc(-c3ccncc3)c2)CC1. The lowest BCUT2D eigenvalue weighted by molar-refractivity contribution is 0.0139. The molecule has 1 aliphatic rings. The molecule has 0 saturated carbocycles. The summed E-state index contributed by atoms with van der Waals surface area (Å²) in [5.41, 5.74) is 3.22. The summed E-state index contributed by atoms with van der Waals surface area (Å²) in [4.78, 5) is 20.4. The fraction of sp³-hybridized carbons (Fsp3) is 0.429. The summed E-state index contributed by atoms with van der Waals surface area (Å²) in [6.07, 6.45) is 3.42. The molecule has 1 aliphatic heterocycles. The predicted molar refractivity (Wildman–Crippen MR) is 103 cm³/mol. The first-order chi connectivity index (χ1) is 12.4. The number of piperazine rings is 1. The van der Waals surface area contributed by atoms with Crippen molar-refractivity contribution in [3.63, 3.8) is 0 Å². The van der Waals surface area contributed by atoms with E-state index >= 15 is 0 Å². The second-order valence-electron chi connectivity index (χ2n) is 7.68. The third kappa shape index (κ3) is 5.05. The zero-order chi connectivity index (χ0) is 18.6. The van der Waals surface area contributed by atoms with E-state index in [-0.39, 0.29) is 6.09 Å². The van der Waals surface area contributed by atoms with Crippen molar-refractivity contribution in [3.05, 3.63) is 54.4 Å². The van der Waals surface area contributed by atoms with E-state index in [1.807, 2.05) is 45.3 Å². The third-order valence-corrected chi connectivity index (χ3v) is 4.37. The number of nitrogens with zero attached hydrogens (tertiary/aromatic N) is 3. The van der Waals surface area contributed by atoms with Gasteiger partial charge in [-0.3, -0.25) is 9.88 Å². The van der Waals surface area contributed by atoms with Crippen molar-refractivity contribution in [1.29, 1.82) is 0 Å². The summed E-state index contributed by atoms with van der Waals surface area (Å²) in [6, 6.07) is 12.7. The van der Waals surface area contributed by atoms with Crippen LogP contribution in [0.15, 0.2) is 48.8 Å². The van der Waals surface area contributed by atoms with Crippen LogP contribution in [0, 0.1) is 0 Å². The van der Waals surface area contributed by atoms with E-state index < -0.39 is 5.60 Å². The van der Waals surface area contributed by atoms with Crippen molar-refractivity contribution >= 4 is 6.09 Å². The van der Waals surface area contributed by atoms with Gasteiger partial charge in [-0.1, -0.05) is 18.2 Å². The number of carbonyl (C=O) groups excluding carboxylic acids is 1. The fourth-order valence-corrected chi connectivity index (χ4v) is 3.07. The highest BCUT2D eigenvalue weighted by Crippen LogP contribution is 2.21. The molecule has 0 unspecified atom stereocenters. The van der Waals surface area contributed by atoms with Gasteiger partial charge in [0.2, 0.25) is 0 Å². The quantitative estimate of drug-likeness (QED) is 0.842. The minimum atomic E-state index is -0.443. The van der Waals surface area contributed by atoms with Crippen molar-refractivity contribution in [1.82, 2.24) is 14.8 Å². The maximum absolute atomic E-state index is 12.2. The molecule has 1 aromatic carbocycles. The van der Waals surface area contributed by atoms with Gasteiger partial charge in [0.05, 0.1) is 0 Å². The summed E-state index contributed by atoms with van der Waals surface area (Å²) in [7, 11) is 0. The Morgan fingerprint density at radius 1 is 1.04 bits per heavy atom. The minimum Gasteiger partial charge on any atom is -0.444 e. The third-order valence-electron chi connectivity index (χ3n) is 4.37. The molecule has 2 aromatic rings. The Labute approximate surface area is 155 Å². The zero-order valence-electron chi connectivity index (χ0n) is 15.8. The number of hydrogen-bond donors (Lipinski definition) is 0. The van der Waals surface area contributed by atoms with Gasteiger partial charge in [0.15, 0.2) is 0 Å². The van der Waals surface area contributed by atoms with Gasteiger partial charge in [0.1, 0.15) is 5.60 Å². The van der Waals surface area contributed by atoms with Gasteiger partial charge in [0, 0.05) is 45.1 Å². The van der Waals surface area contributed by atoms with Crippen molar-refractivity contribution in [2.75, 3.05) is 26.2 Å². The molecule has 1 fully saturated rings. The highest BCUT2D eigenvalue weighted by molar-refractivity contribution is 5.68. The smallest absolute Gasteiger partial charge is 0.410 e. The average molecular weight is 353 g/mol. The van der Waals surface area contributed by atoms with Gasteiger partial charge >= 0.3 is 6.09 Å². The number of amides is 1. The van der Waals surface area contributed by atoms with Crippen LogP contribution in [-0.2, 0) is 11.3 Å². The first-order valence-corrected chi connectivity index (χ1v) is 9.10. The van der Waals surface area contributed by atoms with Crippen LogP contribution in [0.25, 0.3) is 11.1 Å². The van der Waals surface area contributed by atoms with Crippen molar-refractivity contribution in [2.45, 2.75) is 32.9 Å². The van der Waals surface area contributed by atoms with Crippen LogP contribution in [0.5, 0.6) is 0 Å². The van der Waals surface area contributed by atoms with Gasteiger partial charge in [-0.25, -0.2) is 4.79 Å². The normalized spacial score (nSPS) is 15.7. The molecule has 1 saturated heterocycles. The number of pyridine rings is 1. The monoisotopic (exact) mass is 353 g/mol. The summed E-state index contributed by atoms with van der Waals surface area (Å²) < 4.78 is 5.46. The van der Waals surface area contributed by atoms with Crippen LogP contribution in [0.3, 0.4) is 0 Å². The molecule has 26 heavy (non-hydrogen) atoms. The van der Waals surface area contributed by atoms with Crippen molar-refractivity contribution < 1.29 is 9.53 Å². The Hall–Kier alpha value is -2.40. The first kappa shape index (κ1) is 18.4. The van der Waals surface area contributed by atoms with E-state index in [0.29, 0.717) is 13.1 Å². The number of aromatic nitrogens is 1. The van der Waals surface area contributed by atoms with E-state index in [0.717, 1.165) is 19.6 Å². The van der Waals surface area contributed by atoms with E-state index in [9.17, 15) is 4.79 Å². The molecule has 5 heteroatoms. The highest BCUT2D eigenvalue weighted by atomic mass is 16.6. The number of benzene rings is 1. The molecule has 0 radical (unpaired) electrons. The van der Waals surface area contributed by atoms with Crippen molar-refractivity contribution in [2.24, 2.45) is 0 Å². The van der Waals surface area contributed by atoms with Crippen LogP contribution in [0.2, 0.25) is 0 Å². The van der Waals surface area contributed by atoms with Gasteiger partial charge in [-0.05, 0) is 55.7 Å². The van der Waals surface area contributed by atoms with Gasteiger partial charge in [-0.2, -0.15) is 0 Å². The second kappa shape index (κ2) is 7.87. The molecule has 2 heterocycles. The molecule has 0 spiro atoms. The first-order valence-electron chi connectivity index (χ1n) is 9.10. The van der Waals surface area contributed by atoms with Gasteiger partial charge < -0.3 is 9.64 Å². The van der Waals surface area contributed by atoms with Gasteiger partial charge in [-0.15, -0.1) is 0 Å². The summed E-state index contributed by atoms with van der Waals surface area (Å²) in [6.45, 7) is 9.72. The lowest BCUT2D eigenvalue weighted by Crippen LogP contribution is -2.49. The summed E-state index contributed by atoms with van der Waals surface area (Å²) in [5, 5.41) is 0. The van der Waals surface area contributed by atoms with Crippen LogP contribution < -0.4 is 0 Å². The van der Waals surface area contributed by atoms with E-state index in [1.165, 1.54) is 16.7 Å². The van der Waals surface area contributed by atoms with Crippen LogP contribution >= 0.6 is 0 Å². The molecule has 0 N–H and O–H groups in total. The number of hydrogen-bond acceptors (Lipinski definition) is 4. The highest BCUT2D eigenvalue weighted by Gasteiger charge is 2.25. The van der Waals surface area contributed by atoms with Crippen LogP contribution in [0.1, 0.15) is 26.3 Å². The van der Waals surface area contributed by atoms with E-state index in [1.54, 1.807) is 4.90 Å². The number of rotatable bonds is 3. The lowest BCUT2D eigenvalue weighted by atomic mass is 10.0. The molecule has 0 atom stereocenters. The molecule has 5 nitrogen and oxygen atoms in total. The maximum atomic E-state index is 12.2. The molecular formula is C21H27N3O2. The van der Waals surface area contributed by atoms with E-state index in [2.05, 4.69) is 34.1 Å². The predicted octanol–water partition coefficient (Wildman–Crippen LogP) is 3.80.